The molecule has 2 aromatic rings. The van der Waals surface area contributed by atoms with Crippen molar-refractivity contribution in [1.82, 2.24) is 20.9 Å². The number of guanidine groups is 1. The van der Waals surface area contributed by atoms with Crippen LogP contribution < -0.4 is 16.0 Å². The van der Waals surface area contributed by atoms with Gasteiger partial charge in [0.25, 0.3) is 0 Å². The molecule has 136 valence electrons. The lowest BCUT2D eigenvalue weighted by atomic mass is 10.1. The summed E-state index contributed by atoms with van der Waals surface area (Å²) in [6.07, 6.45) is 2.65. The number of amides is 1. The van der Waals surface area contributed by atoms with Gasteiger partial charge >= 0.3 is 0 Å². The van der Waals surface area contributed by atoms with Crippen molar-refractivity contribution in [2.24, 2.45) is 10.9 Å². The molecule has 1 amide bonds. The minimum atomic E-state index is -0.234. The molecule has 0 atom stereocenters. The molecule has 0 aliphatic heterocycles. The number of carbonyl (C=O) groups excluding carboxylic acids is 1. The number of aliphatic imine (C=N–C) groups is 1. The molecule has 2 rings (SSSR count). The van der Waals surface area contributed by atoms with Gasteiger partial charge in [0, 0.05) is 49.7 Å². The fraction of sp³-hybridized carbons (Fsp3) is 0.444. The number of aromatic nitrogens is 1. The fourth-order valence-corrected chi connectivity index (χ4v) is 2.46. The maximum Gasteiger partial charge on any atom is 0.222 e. The average molecular weight is 347 g/mol. The number of fused-ring (bicyclic) bond motifs is 1. The molecular weight excluding hydrogens is 321 g/mol. The highest BCUT2D eigenvalue weighted by Gasteiger charge is 2.06. The Hall–Kier alpha value is -2.57. The third-order valence-corrected chi connectivity index (χ3v) is 3.88. The van der Waals surface area contributed by atoms with Gasteiger partial charge in [-0.05, 0) is 30.2 Å². The number of hydrogen-bond acceptors (Lipinski definition) is 2. The van der Waals surface area contributed by atoms with Crippen molar-refractivity contribution in [3.8, 4) is 0 Å². The summed E-state index contributed by atoms with van der Waals surface area (Å²) in [6.45, 7) is 5.52. The van der Waals surface area contributed by atoms with E-state index in [1.807, 2.05) is 20.0 Å². The first-order chi connectivity index (χ1) is 12.0. The van der Waals surface area contributed by atoms with Gasteiger partial charge in [-0.25, -0.2) is 4.39 Å². The molecule has 0 radical (unpaired) electrons. The normalized spacial score (nSPS) is 11.8. The van der Waals surface area contributed by atoms with Crippen molar-refractivity contribution >= 4 is 22.8 Å². The minimum absolute atomic E-state index is 0.0153. The zero-order chi connectivity index (χ0) is 18.2. The van der Waals surface area contributed by atoms with E-state index >= 15 is 0 Å². The third kappa shape index (κ3) is 5.48. The standard InChI is InChI=1S/C18H26FN5O/c1-12(2)17(25)21-8-9-23-18(20-3)22-7-6-13-11-24-16-5-4-14(19)10-15(13)16/h4-5,10-12,24H,6-9H2,1-3H3,(H,21,25)(H2,20,22,23). The molecule has 0 bridgehead atoms. The molecule has 1 heterocycles. The van der Waals surface area contributed by atoms with Crippen LogP contribution >= 0.6 is 0 Å². The topological polar surface area (TPSA) is 81.3 Å². The molecule has 0 saturated carbocycles. The second-order valence-corrected chi connectivity index (χ2v) is 6.13. The van der Waals surface area contributed by atoms with Crippen LogP contribution in [0.4, 0.5) is 4.39 Å². The van der Waals surface area contributed by atoms with Gasteiger partial charge in [-0.2, -0.15) is 0 Å². The second kappa shape index (κ2) is 9.05. The predicted molar refractivity (Wildman–Crippen MR) is 99.2 cm³/mol. The van der Waals surface area contributed by atoms with Gasteiger partial charge < -0.3 is 20.9 Å². The van der Waals surface area contributed by atoms with Crippen molar-refractivity contribution in [2.45, 2.75) is 20.3 Å². The monoisotopic (exact) mass is 347 g/mol. The molecule has 25 heavy (non-hydrogen) atoms. The third-order valence-electron chi connectivity index (χ3n) is 3.88. The molecule has 0 fully saturated rings. The first-order valence-electron chi connectivity index (χ1n) is 8.49. The Labute approximate surface area is 147 Å². The van der Waals surface area contributed by atoms with E-state index in [0.29, 0.717) is 25.6 Å². The van der Waals surface area contributed by atoms with Crippen LogP contribution in [-0.2, 0) is 11.2 Å². The lowest BCUT2D eigenvalue weighted by molar-refractivity contribution is -0.123. The molecule has 0 spiro atoms. The predicted octanol–water partition coefficient (Wildman–Crippen LogP) is 1.79. The number of rotatable bonds is 7. The van der Waals surface area contributed by atoms with Gasteiger partial charge in [-0.15, -0.1) is 0 Å². The highest BCUT2D eigenvalue weighted by Crippen LogP contribution is 2.19. The summed E-state index contributed by atoms with van der Waals surface area (Å²) in [6, 6.07) is 4.74. The van der Waals surface area contributed by atoms with E-state index in [1.54, 1.807) is 19.2 Å². The first-order valence-corrected chi connectivity index (χ1v) is 8.49. The van der Waals surface area contributed by atoms with Crippen LogP contribution in [0.25, 0.3) is 10.9 Å². The Balaban J connectivity index is 1.75. The van der Waals surface area contributed by atoms with Gasteiger partial charge in [-0.1, -0.05) is 13.8 Å². The number of benzene rings is 1. The Morgan fingerprint density at radius 3 is 2.64 bits per heavy atom. The minimum Gasteiger partial charge on any atom is -0.361 e. The maximum absolute atomic E-state index is 13.4. The molecule has 7 heteroatoms. The maximum atomic E-state index is 13.4. The number of halogens is 1. The van der Waals surface area contributed by atoms with Crippen LogP contribution in [0, 0.1) is 11.7 Å². The molecular formula is C18H26FN5O. The summed E-state index contributed by atoms with van der Waals surface area (Å²) in [5.41, 5.74) is 1.99. The molecule has 0 aliphatic carbocycles. The quantitative estimate of drug-likeness (QED) is 0.350. The molecule has 0 saturated heterocycles. The highest BCUT2D eigenvalue weighted by molar-refractivity contribution is 5.83. The number of hydrogen-bond donors (Lipinski definition) is 4. The number of nitrogens with zero attached hydrogens (tertiary/aromatic N) is 1. The van der Waals surface area contributed by atoms with Crippen molar-refractivity contribution in [2.75, 3.05) is 26.7 Å². The fourth-order valence-electron chi connectivity index (χ4n) is 2.46. The largest absolute Gasteiger partial charge is 0.361 e. The van der Waals surface area contributed by atoms with Crippen molar-refractivity contribution in [1.29, 1.82) is 0 Å². The molecule has 0 unspecified atom stereocenters. The van der Waals surface area contributed by atoms with Crippen LogP contribution in [0.1, 0.15) is 19.4 Å². The molecule has 6 nitrogen and oxygen atoms in total. The Morgan fingerprint density at radius 2 is 1.92 bits per heavy atom. The van der Waals surface area contributed by atoms with E-state index in [4.69, 9.17) is 0 Å². The lowest BCUT2D eigenvalue weighted by Gasteiger charge is -2.13. The SMILES string of the molecule is CN=C(NCCNC(=O)C(C)C)NCCc1c[nH]c2ccc(F)cc12. The van der Waals surface area contributed by atoms with E-state index < -0.39 is 0 Å². The van der Waals surface area contributed by atoms with Crippen LogP contribution in [0.3, 0.4) is 0 Å². The number of aromatic amines is 1. The molecule has 1 aromatic heterocycles. The van der Waals surface area contributed by atoms with E-state index in [9.17, 15) is 9.18 Å². The highest BCUT2D eigenvalue weighted by atomic mass is 19.1. The first kappa shape index (κ1) is 18.8. The van der Waals surface area contributed by atoms with Gasteiger partial charge in [0.15, 0.2) is 5.96 Å². The number of H-pyrrole nitrogens is 1. The van der Waals surface area contributed by atoms with Crippen molar-refractivity contribution in [3.05, 3.63) is 35.8 Å². The number of nitrogens with one attached hydrogen (secondary N) is 4. The smallest absolute Gasteiger partial charge is 0.222 e. The number of carbonyl (C=O) groups is 1. The van der Waals surface area contributed by atoms with Crippen molar-refractivity contribution in [3.63, 3.8) is 0 Å². The molecule has 0 aliphatic rings. The molecule has 1 aromatic carbocycles. The Kier molecular flexibility index (Phi) is 6.80. The summed E-state index contributed by atoms with van der Waals surface area (Å²) in [5.74, 6) is 0.460. The van der Waals surface area contributed by atoms with E-state index in [1.165, 1.54) is 6.07 Å². The van der Waals surface area contributed by atoms with E-state index in [-0.39, 0.29) is 17.6 Å². The van der Waals surface area contributed by atoms with Crippen molar-refractivity contribution < 1.29 is 9.18 Å². The van der Waals surface area contributed by atoms with E-state index in [2.05, 4.69) is 25.9 Å². The lowest BCUT2D eigenvalue weighted by Crippen LogP contribution is -2.42. The van der Waals surface area contributed by atoms with Gasteiger partial charge in [-0.3, -0.25) is 9.79 Å². The van der Waals surface area contributed by atoms with Gasteiger partial charge in [0.2, 0.25) is 5.91 Å². The average Bonchev–Trinajstić information content (AvgIpc) is 2.98. The summed E-state index contributed by atoms with van der Waals surface area (Å²) in [5, 5.41) is 10.1. The van der Waals surface area contributed by atoms with Crippen LogP contribution in [0.5, 0.6) is 0 Å². The summed E-state index contributed by atoms with van der Waals surface area (Å²) in [7, 11) is 1.70. The zero-order valence-corrected chi connectivity index (χ0v) is 14.9. The Bertz CT molecular complexity index is 738. The summed E-state index contributed by atoms with van der Waals surface area (Å²) >= 11 is 0. The van der Waals surface area contributed by atoms with E-state index in [0.717, 1.165) is 22.9 Å². The van der Waals surface area contributed by atoms with Gasteiger partial charge in [0.1, 0.15) is 5.82 Å². The Morgan fingerprint density at radius 1 is 1.20 bits per heavy atom. The summed E-state index contributed by atoms with van der Waals surface area (Å²) < 4.78 is 13.4. The zero-order valence-electron chi connectivity index (χ0n) is 14.9. The molecule has 4 N–H and O–H groups in total. The van der Waals surface area contributed by atoms with Crippen LogP contribution in [-0.4, -0.2) is 43.5 Å². The second-order valence-electron chi connectivity index (χ2n) is 6.13. The van der Waals surface area contributed by atoms with Crippen LogP contribution in [0.2, 0.25) is 0 Å². The van der Waals surface area contributed by atoms with Gasteiger partial charge in [0.05, 0.1) is 0 Å². The summed E-state index contributed by atoms with van der Waals surface area (Å²) in [4.78, 5) is 18.8. The van der Waals surface area contributed by atoms with Crippen LogP contribution in [0.15, 0.2) is 29.4 Å².